The Bertz CT molecular complexity index is 924. The van der Waals surface area contributed by atoms with Crippen LogP contribution >= 0.6 is 0 Å². The van der Waals surface area contributed by atoms with Crippen LogP contribution in [0.15, 0.2) is 30.4 Å². The summed E-state index contributed by atoms with van der Waals surface area (Å²) in [5, 5.41) is 19.0. The number of fused-ring (bicyclic) bond motifs is 3. The van der Waals surface area contributed by atoms with E-state index in [2.05, 4.69) is 56.7 Å². The molecule has 1 saturated carbocycles. The highest BCUT2D eigenvalue weighted by molar-refractivity contribution is 5.89. The Morgan fingerprint density at radius 1 is 1.11 bits per heavy atom. The first-order chi connectivity index (χ1) is 17.0. The fourth-order valence-electron chi connectivity index (χ4n) is 6.59. The van der Waals surface area contributed by atoms with Crippen molar-refractivity contribution in [2.24, 2.45) is 11.3 Å². The van der Waals surface area contributed by atoms with E-state index in [1.165, 1.54) is 37.7 Å². The van der Waals surface area contributed by atoms with Crippen LogP contribution in [0.2, 0.25) is 0 Å². The third-order valence-electron chi connectivity index (χ3n) is 8.55. The topological polar surface area (TPSA) is 108 Å². The molecule has 1 aliphatic heterocycles. The number of carboxylic acids is 2. The Kier molecular flexibility index (Phi) is 9.72. The van der Waals surface area contributed by atoms with Crippen LogP contribution in [0.3, 0.4) is 0 Å². The summed E-state index contributed by atoms with van der Waals surface area (Å²) in [4.78, 5) is 25.2. The third-order valence-corrected chi connectivity index (χ3v) is 8.55. The van der Waals surface area contributed by atoms with Crippen LogP contribution in [0, 0.1) is 11.3 Å². The minimum Gasteiger partial charge on any atom is -0.478 e. The van der Waals surface area contributed by atoms with E-state index in [-0.39, 0.29) is 0 Å². The average molecular weight is 501 g/mol. The van der Waals surface area contributed by atoms with Crippen LogP contribution in [0.5, 0.6) is 0 Å². The SMILES string of the molecule is CC(C)c1ccc2c(c1)CC[C@H]1[C@](C)(CNOC3CCNCC3)CCC[C@]21C.O=C(O)/C=C/C(=O)O. The molecule has 0 spiro atoms. The number of hydroxylamine groups is 1. The first-order valence-corrected chi connectivity index (χ1v) is 13.4. The average Bonchev–Trinajstić information content (AvgIpc) is 2.83. The van der Waals surface area contributed by atoms with Crippen molar-refractivity contribution in [2.45, 2.75) is 90.1 Å². The summed E-state index contributed by atoms with van der Waals surface area (Å²) in [6.07, 6.45) is 10.3. The number of nitrogens with one attached hydrogen (secondary N) is 2. The summed E-state index contributed by atoms with van der Waals surface area (Å²) >= 11 is 0. The van der Waals surface area contributed by atoms with E-state index in [9.17, 15) is 9.59 Å². The third kappa shape index (κ3) is 6.96. The molecule has 2 aliphatic carbocycles. The lowest BCUT2D eigenvalue weighted by atomic mass is 9.50. The summed E-state index contributed by atoms with van der Waals surface area (Å²) in [5.74, 6) is -1.17. The Balaban J connectivity index is 0.000000392. The van der Waals surface area contributed by atoms with Crippen molar-refractivity contribution in [1.82, 2.24) is 10.8 Å². The molecule has 4 N–H and O–H groups in total. The minimum atomic E-state index is -1.26. The highest BCUT2D eigenvalue weighted by Gasteiger charge is 2.51. The molecule has 0 amide bonds. The van der Waals surface area contributed by atoms with Gasteiger partial charge in [0, 0.05) is 18.7 Å². The van der Waals surface area contributed by atoms with Gasteiger partial charge in [-0.25, -0.2) is 15.1 Å². The van der Waals surface area contributed by atoms with E-state index in [1.807, 2.05) is 0 Å². The molecule has 3 atom stereocenters. The van der Waals surface area contributed by atoms with Gasteiger partial charge in [-0.3, -0.25) is 4.84 Å². The van der Waals surface area contributed by atoms with Crippen LogP contribution in [-0.4, -0.2) is 47.9 Å². The van der Waals surface area contributed by atoms with E-state index in [1.54, 1.807) is 11.1 Å². The van der Waals surface area contributed by atoms with Gasteiger partial charge in [-0.2, -0.15) is 0 Å². The molecule has 200 valence electrons. The van der Waals surface area contributed by atoms with Crippen molar-refractivity contribution in [2.75, 3.05) is 19.6 Å². The first-order valence-electron chi connectivity index (χ1n) is 13.4. The van der Waals surface area contributed by atoms with Gasteiger partial charge < -0.3 is 15.5 Å². The van der Waals surface area contributed by atoms with Crippen LogP contribution in [-0.2, 0) is 26.3 Å². The number of piperidine rings is 1. The van der Waals surface area contributed by atoms with Crippen LogP contribution < -0.4 is 10.8 Å². The Morgan fingerprint density at radius 3 is 2.39 bits per heavy atom. The second-order valence-electron chi connectivity index (χ2n) is 11.5. The molecule has 0 unspecified atom stereocenters. The Labute approximate surface area is 215 Å². The van der Waals surface area contributed by atoms with Crippen LogP contribution in [0.25, 0.3) is 0 Å². The fourth-order valence-corrected chi connectivity index (χ4v) is 6.59. The molecule has 0 aromatic heterocycles. The Morgan fingerprint density at radius 2 is 1.78 bits per heavy atom. The number of carboxylic acid groups (broad SMARTS) is 2. The van der Waals surface area contributed by atoms with Crippen molar-refractivity contribution in [3.05, 3.63) is 47.0 Å². The van der Waals surface area contributed by atoms with Crippen molar-refractivity contribution in [3.63, 3.8) is 0 Å². The van der Waals surface area contributed by atoms with Gasteiger partial charge in [0.15, 0.2) is 0 Å². The fraction of sp³-hybridized carbons (Fsp3) is 0.655. The highest BCUT2D eigenvalue weighted by Crippen LogP contribution is 2.57. The lowest BCUT2D eigenvalue weighted by molar-refractivity contribution is -0.134. The zero-order chi connectivity index (χ0) is 26.3. The molecule has 2 fully saturated rings. The van der Waals surface area contributed by atoms with Crippen molar-refractivity contribution >= 4 is 11.9 Å². The van der Waals surface area contributed by atoms with Gasteiger partial charge in [-0.05, 0) is 91.0 Å². The van der Waals surface area contributed by atoms with Gasteiger partial charge in [0.05, 0.1) is 6.10 Å². The smallest absolute Gasteiger partial charge is 0.328 e. The number of carbonyl (C=O) groups is 2. The number of aliphatic carboxylic acids is 2. The van der Waals surface area contributed by atoms with Gasteiger partial charge in [0.2, 0.25) is 0 Å². The lowest BCUT2D eigenvalue weighted by Gasteiger charge is -2.55. The molecule has 0 bridgehead atoms. The van der Waals surface area contributed by atoms with Gasteiger partial charge in [0.1, 0.15) is 0 Å². The number of aryl methyl sites for hydroxylation is 1. The first kappa shape index (κ1) is 28.4. The molecule has 3 aliphatic rings. The van der Waals surface area contributed by atoms with Crippen molar-refractivity contribution in [1.29, 1.82) is 0 Å². The largest absolute Gasteiger partial charge is 0.478 e. The second-order valence-corrected chi connectivity index (χ2v) is 11.5. The maximum Gasteiger partial charge on any atom is 0.328 e. The summed E-state index contributed by atoms with van der Waals surface area (Å²) in [6, 6.07) is 7.37. The van der Waals surface area contributed by atoms with Crippen molar-refractivity contribution < 1.29 is 24.6 Å². The van der Waals surface area contributed by atoms with Crippen LogP contribution in [0.4, 0.5) is 0 Å². The normalized spacial score (nSPS) is 28.2. The molecule has 1 aromatic carbocycles. The highest BCUT2D eigenvalue weighted by atomic mass is 16.7. The van der Waals surface area contributed by atoms with E-state index in [4.69, 9.17) is 15.1 Å². The summed E-state index contributed by atoms with van der Waals surface area (Å²) < 4.78 is 0. The molecule has 4 rings (SSSR count). The molecule has 7 heteroatoms. The standard InChI is InChI=1S/C25H40N2O.C4H4O4/c1-18(2)19-6-8-22-20(16-19)7-9-23-24(3,12-5-13-25(22,23)4)17-27-28-21-10-14-26-15-11-21;5-3(6)1-2-4(7)8/h6,8,16,18,21,23,26-27H,5,7,9-15,17H2,1-4H3;1-2H,(H,5,6)(H,7,8)/b;2-1+/t23-,24-,25+;/m0./s1. The number of benzene rings is 1. The summed E-state index contributed by atoms with van der Waals surface area (Å²) in [7, 11) is 0. The maximum absolute atomic E-state index is 9.55. The van der Waals surface area contributed by atoms with E-state index in [0.717, 1.165) is 38.4 Å². The zero-order valence-corrected chi connectivity index (χ0v) is 22.3. The molecular weight excluding hydrogens is 456 g/mol. The van der Waals surface area contributed by atoms with Gasteiger partial charge in [-0.1, -0.05) is 52.3 Å². The quantitative estimate of drug-likeness (QED) is 0.314. The number of hydrogen-bond acceptors (Lipinski definition) is 5. The minimum absolute atomic E-state index is 0.312. The van der Waals surface area contributed by atoms with E-state index in [0.29, 0.717) is 35.0 Å². The van der Waals surface area contributed by atoms with E-state index < -0.39 is 11.9 Å². The molecule has 7 nitrogen and oxygen atoms in total. The number of hydrogen-bond donors (Lipinski definition) is 4. The van der Waals surface area contributed by atoms with Crippen LogP contribution in [0.1, 0.15) is 88.8 Å². The number of rotatable bonds is 7. The molecule has 1 saturated heterocycles. The van der Waals surface area contributed by atoms with E-state index >= 15 is 0 Å². The second kappa shape index (κ2) is 12.3. The van der Waals surface area contributed by atoms with Gasteiger partial charge in [-0.15, -0.1) is 0 Å². The zero-order valence-electron chi connectivity index (χ0n) is 22.3. The molecular formula is C29H44N2O5. The molecule has 36 heavy (non-hydrogen) atoms. The lowest BCUT2D eigenvalue weighted by Crippen LogP contribution is -2.53. The van der Waals surface area contributed by atoms with Crippen molar-refractivity contribution in [3.8, 4) is 0 Å². The molecule has 1 heterocycles. The monoisotopic (exact) mass is 500 g/mol. The van der Waals surface area contributed by atoms with Gasteiger partial charge in [0.25, 0.3) is 0 Å². The summed E-state index contributed by atoms with van der Waals surface area (Å²) in [5.41, 5.74) is 8.81. The molecule has 1 aromatic rings. The summed E-state index contributed by atoms with van der Waals surface area (Å²) in [6.45, 7) is 12.8. The predicted octanol–water partition coefficient (Wildman–Crippen LogP) is 4.81. The maximum atomic E-state index is 9.55. The van der Waals surface area contributed by atoms with Gasteiger partial charge >= 0.3 is 11.9 Å². The Hall–Kier alpha value is -2.22. The predicted molar refractivity (Wildman–Crippen MR) is 141 cm³/mol. The molecule has 0 radical (unpaired) electrons.